The minimum Gasteiger partial charge on any atom is -0.383 e. The van der Waals surface area contributed by atoms with Gasteiger partial charge < -0.3 is 4.74 Å². The Morgan fingerprint density at radius 2 is 2.33 bits per heavy atom. The topological polar surface area (TPSA) is 91.4 Å². The Morgan fingerprint density at radius 1 is 1.73 bits per heavy atom. The van der Waals surface area contributed by atoms with Gasteiger partial charge in [-0.1, -0.05) is 0 Å². The Balaban J connectivity index is 4.47. The van der Waals surface area contributed by atoms with Gasteiger partial charge in [-0.3, -0.25) is 15.1 Å². The van der Waals surface area contributed by atoms with Crippen LogP contribution in [0.15, 0.2) is 0 Å². The number of hydrogen-bond donors (Lipinski definition) is 2. The van der Waals surface area contributed by atoms with Gasteiger partial charge in [-0.05, 0) is 14.0 Å². The van der Waals surface area contributed by atoms with Crippen LogP contribution in [-0.4, -0.2) is 43.7 Å². The SMILES string of the molecule is COCC(C(=O)NN)N(C)C(C)CC#N. The van der Waals surface area contributed by atoms with Crippen molar-refractivity contribution >= 4 is 5.91 Å². The van der Waals surface area contributed by atoms with Crippen LogP contribution in [0.2, 0.25) is 0 Å². The van der Waals surface area contributed by atoms with Gasteiger partial charge in [0, 0.05) is 13.2 Å². The molecule has 6 nitrogen and oxygen atoms in total. The second-order valence-electron chi connectivity index (χ2n) is 3.36. The zero-order valence-corrected chi connectivity index (χ0v) is 9.36. The summed E-state index contributed by atoms with van der Waals surface area (Å²) in [6.45, 7) is 2.12. The Kier molecular flexibility index (Phi) is 6.62. The third-order valence-corrected chi connectivity index (χ3v) is 2.34. The number of carbonyl (C=O) groups is 1. The first kappa shape index (κ1) is 13.8. The molecule has 0 aromatic carbocycles. The van der Waals surface area contributed by atoms with Crippen molar-refractivity contribution in [2.45, 2.75) is 25.4 Å². The second kappa shape index (κ2) is 7.17. The Labute approximate surface area is 89.9 Å². The number of likely N-dealkylation sites (N-methyl/N-ethyl adjacent to an activating group) is 1. The van der Waals surface area contributed by atoms with Gasteiger partial charge in [0.05, 0.1) is 19.1 Å². The summed E-state index contributed by atoms with van der Waals surface area (Å²) in [5.74, 6) is 4.75. The summed E-state index contributed by atoms with van der Waals surface area (Å²) in [6, 6.07) is 1.57. The van der Waals surface area contributed by atoms with Gasteiger partial charge in [0.15, 0.2) is 0 Å². The molecule has 0 heterocycles. The van der Waals surface area contributed by atoms with Crippen molar-refractivity contribution in [1.29, 1.82) is 5.26 Å². The van der Waals surface area contributed by atoms with E-state index < -0.39 is 6.04 Å². The molecule has 6 heteroatoms. The minimum atomic E-state index is -0.469. The summed E-state index contributed by atoms with van der Waals surface area (Å²) >= 11 is 0. The average molecular weight is 214 g/mol. The molecule has 0 saturated heterocycles. The molecule has 2 unspecified atom stereocenters. The fourth-order valence-corrected chi connectivity index (χ4v) is 1.22. The fraction of sp³-hybridized carbons (Fsp3) is 0.778. The molecule has 0 aliphatic heterocycles. The predicted octanol–water partition coefficient (Wildman–Crippen LogP) is -0.775. The van der Waals surface area contributed by atoms with E-state index in [9.17, 15) is 4.79 Å². The normalized spacial score (nSPS) is 14.4. The summed E-state index contributed by atoms with van der Waals surface area (Å²) in [6.07, 6.45) is 0.356. The van der Waals surface area contributed by atoms with E-state index >= 15 is 0 Å². The number of nitrogens with two attached hydrogens (primary N) is 1. The highest BCUT2D eigenvalue weighted by atomic mass is 16.5. The maximum atomic E-state index is 11.4. The number of carbonyl (C=O) groups excluding carboxylic acids is 1. The highest BCUT2D eigenvalue weighted by Gasteiger charge is 2.25. The van der Waals surface area contributed by atoms with Crippen molar-refractivity contribution in [1.82, 2.24) is 10.3 Å². The molecule has 2 atom stereocenters. The van der Waals surface area contributed by atoms with Gasteiger partial charge in [-0.2, -0.15) is 5.26 Å². The van der Waals surface area contributed by atoms with E-state index in [0.717, 1.165) is 0 Å². The minimum absolute atomic E-state index is 0.0209. The smallest absolute Gasteiger partial charge is 0.253 e. The molecule has 0 rings (SSSR count). The third-order valence-electron chi connectivity index (χ3n) is 2.34. The standard InChI is InChI=1S/C9H18N4O2/c1-7(4-5-10)13(2)8(6-15-3)9(14)12-11/h7-8H,4,6,11H2,1-3H3,(H,12,14). The molecule has 0 aliphatic rings. The molecular weight excluding hydrogens is 196 g/mol. The van der Waals surface area contributed by atoms with Crippen LogP contribution in [0.5, 0.6) is 0 Å². The van der Waals surface area contributed by atoms with Crippen LogP contribution in [0, 0.1) is 11.3 Å². The third kappa shape index (κ3) is 4.25. The van der Waals surface area contributed by atoms with Gasteiger partial charge >= 0.3 is 0 Å². The van der Waals surface area contributed by atoms with E-state index in [0.29, 0.717) is 6.42 Å². The van der Waals surface area contributed by atoms with E-state index in [1.807, 2.05) is 6.92 Å². The first-order valence-corrected chi connectivity index (χ1v) is 4.66. The van der Waals surface area contributed by atoms with Gasteiger partial charge in [-0.15, -0.1) is 0 Å². The monoisotopic (exact) mass is 214 g/mol. The lowest BCUT2D eigenvalue weighted by Gasteiger charge is -2.30. The van der Waals surface area contributed by atoms with Crippen LogP contribution >= 0.6 is 0 Å². The van der Waals surface area contributed by atoms with E-state index in [1.165, 1.54) is 7.11 Å². The summed E-state index contributed by atoms with van der Waals surface area (Å²) in [5, 5.41) is 8.56. The number of methoxy groups -OCH3 is 1. The number of nitriles is 1. The van der Waals surface area contributed by atoms with Crippen molar-refractivity contribution in [3.8, 4) is 6.07 Å². The summed E-state index contributed by atoms with van der Waals surface area (Å²) in [7, 11) is 3.28. The first-order chi connectivity index (χ1) is 7.08. The summed E-state index contributed by atoms with van der Waals surface area (Å²) in [5.41, 5.74) is 2.08. The molecule has 0 aliphatic carbocycles. The van der Waals surface area contributed by atoms with Crippen LogP contribution < -0.4 is 11.3 Å². The molecule has 15 heavy (non-hydrogen) atoms. The van der Waals surface area contributed by atoms with Gasteiger partial charge in [-0.25, -0.2) is 5.84 Å². The number of nitrogens with zero attached hydrogens (tertiary/aromatic N) is 2. The molecule has 1 amide bonds. The van der Waals surface area contributed by atoms with E-state index in [2.05, 4.69) is 11.5 Å². The van der Waals surface area contributed by atoms with Crippen molar-refractivity contribution in [3.63, 3.8) is 0 Å². The number of nitrogens with one attached hydrogen (secondary N) is 1. The summed E-state index contributed by atoms with van der Waals surface area (Å²) in [4.78, 5) is 13.2. The Hall–Kier alpha value is -1.16. The Bertz CT molecular complexity index is 239. The first-order valence-electron chi connectivity index (χ1n) is 4.66. The summed E-state index contributed by atoms with van der Waals surface area (Å²) < 4.78 is 4.94. The lowest BCUT2D eigenvalue weighted by atomic mass is 10.1. The number of hydrogen-bond acceptors (Lipinski definition) is 5. The predicted molar refractivity (Wildman–Crippen MR) is 55.4 cm³/mol. The molecule has 0 bridgehead atoms. The number of hydrazine groups is 1. The number of ether oxygens (including phenoxy) is 1. The lowest BCUT2D eigenvalue weighted by Crippen LogP contribution is -2.52. The van der Waals surface area contributed by atoms with Gasteiger partial charge in [0.25, 0.3) is 5.91 Å². The van der Waals surface area contributed by atoms with E-state index in [4.69, 9.17) is 15.8 Å². The highest BCUT2D eigenvalue weighted by molar-refractivity contribution is 5.81. The molecular formula is C9H18N4O2. The molecule has 86 valence electrons. The maximum absolute atomic E-state index is 11.4. The fourth-order valence-electron chi connectivity index (χ4n) is 1.22. The van der Waals surface area contributed by atoms with Crippen molar-refractivity contribution in [3.05, 3.63) is 0 Å². The molecule has 0 fully saturated rings. The quantitative estimate of drug-likeness (QED) is 0.344. The van der Waals surface area contributed by atoms with Crippen molar-refractivity contribution in [2.75, 3.05) is 20.8 Å². The Morgan fingerprint density at radius 3 is 2.73 bits per heavy atom. The van der Waals surface area contributed by atoms with Crippen molar-refractivity contribution in [2.24, 2.45) is 5.84 Å². The lowest BCUT2D eigenvalue weighted by molar-refractivity contribution is -0.128. The van der Waals surface area contributed by atoms with Gasteiger partial charge in [0.2, 0.25) is 0 Å². The van der Waals surface area contributed by atoms with Crippen LogP contribution in [0.1, 0.15) is 13.3 Å². The van der Waals surface area contributed by atoms with Crippen LogP contribution in [0.25, 0.3) is 0 Å². The van der Waals surface area contributed by atoms with Gasteiger partial charge in [0.1, 0.15) is 6.04 Å². The van der Waals surface area contributed by atoms with Crippen LogP contribution in [-0.2, 0) is 9.53 Å². The largest absolute Gasteiger partial charge is 0.383 e. The van der Waals surface area contributed by atoms with Crippen LogP contribution in [0.3, 0.4) is 0 Å². The molecule has 0 saturated carbocycles. The van der Waals surface area contributed by atoms with Crippen molar-refractivity contribution < 1.29 is 9.53 Å². The average Bonchev–Trinajstić information content (AvgIpc) is 2.24. The van der Waals surface area contributed by atoms with Crippen LogP contribution in [0.4, 0.5) is 0 Å². The molecule has 0 spiro atoms. The molecule has 0 radical (unpaired) electrons. The highest BCUT2D eigenvalue weighted by Crippen LogP contribution is 2.06. The number of rotatable bonds is 6. The zero-order chi connectivity index (χ0) is 11.8. The molecule has 0 aromatic rings. The second-order valence-corrected chi connectivity index (χ2v) is 3.36. The molecule has 0 aromatic heterocycles. The van der Waals surface area contributed by atoms with E-state index in [1.54, 1.807) is 11.9 Å². The maximum Gasteiger partial charge on any atom is 0.253 e. The zero-order valence-electron chi connectivity index (χ0n) is 9.36. The number of amides is 1. The molecule has 3 N–H and O–H groups in total. The van der Waals surface area contributed by atoms with E-state index in [-0.39, 0.29) is 18.6 Å².